The molecule has 1 aromatic rings. The number of rotatable bonds is 4. The monoisotopic (exact) mass is 244 g/mol. The van der Waals surface area contributed by atoms with Crippen LogP contribution in [0.3, 0.4) is 0 Å². The molecule has 0 bridgehead atoms. The molecular weight excluding hydrogens is 228 g/mol. The van der Waals surface area contributed by atoms with Crippen LogP contribution >= 0.6 is 0 Å². The van der Waals surface area contributed by atoms with Crippen molar-refractivity contribution in [3.63, 3.8) is 0 Å². The summed E-state index contributed by atoms with van der Waals surface area (Å²) in [7, 11) is 0.125. The summed E-state index contributed by atoms with van der Waals surface area (Å²) >= 11 is 0. The number of aliphatic hydroxyl groups is 1. The van der Waals surface area contributed by atoms with Gasteiger partial charge in [-0.2, -0.15) is 4.72 Å². The van der Waals surface area contributed by atoms with E-state index in [0.29, 0.717) is 0 Å². The highest BCUT2D eigenvalue weighted by molar-refractivity contribution is 7.89. The molecule has 2 N–H and O–H groups in total. The first-order chi connectivity index (χ1) is 7.33. The lowest BCUT2D eigenvalue weighted by Gasteiger charge is -2.13. The Morgan fingerprint density at radius 3 is 2.12 bits per heavy atom. The normalized spacial score (nSPS) is 13.5. The molecule has 0 saturated heterocycles. The Hall–Kier alpha value is -1.11. The topological polar surface area (TPSA) is 69.6 Å². The molecule has 1 atom stereocenters. The average Bonchev–Trinajstić information content (AvgIpc) is 2.16. The highest BCUT2D eigenvalue weighted by Crippen LogP contribution is 2.15. The molecule has 0 radical (unpaired) electrons. The van der Waals surface area contributed by atoms with Crippen molar-refractivity contribution in [2.45, 2.75) is 18.0 Å². The molecule has 0 heterocycles. The molecule has 90 valence electrons. The molecule has 0 amide bonds. The van der Waals surface area contributed by atoms with Gasteiger partial charge in [-0.05, 0) is 31.2 Å². The second-order valence-corrected chi connectivity index (χ2v) is 5.40. The first-order valence-electron chi connectivity index (χ1n) is 4.81. The van der Waals surface area contributed by atoms with Crippen molar-refractivity contribution in [1.82, 2.24) is 4.72 Å². The summed E-state index contributed by atoms with van der Waals surface area (Å²) in [5.74, 6) is 0. The van der Waals surface area contributed by atoms with E-state index in [9.17, 15) is 8.42 Å². The quantitative estimate of drug-likeness (QED) is 0.751. The summed E-state index contributed by atoms with van der Waals surface area (Å²) < 4.78 is 25.4. The highest BCUT2D eigenvalue weighted by Gasteiger charge is 2.15. The average molecular weight is 244 g/mol. The van der Waals surface area contributed by atoms with E-state index in [1.165, 1.54) is 19.1 Å². The minimum atomic E-state index is -3.62. The van der Waals surface area contributed by atoms with Gasteiger partial charge in [-0.3, -0.25) is 0 Å². The number of hydrogen-bond acceptors (Lipinski definition) is 4. The van der Waals surface area contributed by atoms with Gasteiger partial charge in [0.2, 0.25) is 10.0 Å². The second-order valence-electron chi connectivity index (χ2n) is 3.69. The van der Waals surface area contributed by atoms with Gasteiger partial charge in [0.15, 0.2) is 0 Å². The number of anilines is 1. The third-order valence-electron chi connectivity index (χ3n) is 1.99. The standard InChI is InChI=1S/C10H16N2O3S/c1-8(13)11-16(14,15)10-6-4-9(5-7-10)12(2)3/h4-8,11,13H,1-3H3. The van der Waals surface area contributed by atoms with E-state index in [4.69, 9.17) is 5.11 Å². The summed E-state index contributed by atoms with van der Waals surface area (Å²) in [4.78, 5) is 2.01. The zero-order chi connectivity index (χ0) is 12.3. The molecule has 1 aromatic carbocycles. The van der Waals surface area contributed by atoms with Crippen LogP contribution in [0.2, 0.25) is 0 Å². The lowest BCUT2D eigenvalue weighted by Crippen LogP contribution is -2.32. The molecule has 1 rings (SSSR count). The van der Waals surface area contributed by atoms with Crippen molar-refractivity contribution in [2.75, 3.05) is 19.0 Å². The molecule has 1 unspecified atom stereocenters. The molecule has 0 spiro atoms. The van der Waals surface area contributed by atoms with E-state index in [2.05, 4.69) is 4.72 Å². The van der Waals surface area contributed by atoms with Gasteiger partial charge in [-0.25, -0.2) is 8.42 Å². The number of aliphatic hydroxyl groups excluding tert-OH is 1. The van der Waals surface area contributed by atoms with Gasteiger partial charge in [0.1, 0.15) is 6.23 Å². The summed E-state index contributed by atoms with van der Waals surface area (Å²) in [6.07, 6.45) is -1.10. The molecule has 5 nitrogen and oxygen atoms in total. The minimum absolute atomic E-state index is 0.138. The van der Waals surface area contributed by atoms with E-state index >= 15 is 0 Å². The molecule has 0 aliphatic heterocycles. The van der Waals surface area contributed by atoms with Crippen LogP contribution in [0.4, 0.5) is 5.69 Å². The Morgan fingerprint density at radius 1 is 1.25 bits per heavy atom. The molecule has 6 heteroatoms. The van der Waals surface area contributed by atoms with Crippen molar-refractivity contribution in [3.8, 4) is 0 Å². The highest BCUT2D eigenvalue weighted by atomic mass is 32.2. The summed E-state index contributed by atoms with van der Waals surface area (Å²) in [6.45, 7) is 1.35. The van der Waals surface area contributed by atoms with Crippen LogP contribution in [0.5, 0.6) is 0 Å². The molecule has 0 aromatic heterocycles. The van der Waals surface area contributed by atoms with Gasteiger partial charge in [0, 0.05) is 19.8 Å². The van der Waals surface area contributed by atoms with Crippen LogP contribution in [0.1, 0.15) is 6.92 Å². The molecule has 16 heavy (non-hydrogen) atoms. The number of hydrogen-bond donors (Lipinski definition) is 2. The minimum Gasteiger partial charge on any atom is -0.378 e. The molecule has 0 fully saturated rings. The lowest BCUT2D eigenvalue weighted by atomic mass is 10.3. The van der Waals surface area contributed by atoms with Gasteiger partial charge in [0.05, 0.1) is 4.90 Å². The van der Waals surface area contributed by atoms with Crippen LogP contribution in [0, 0.1) is 0 Å². The summed E-state index contributed by atoms with van der Waals surface area (Å²) in [5, 5.41) is 8.99. The number of benzene rings is 1. The fraction of sp³-hybridized carbons (Fsp3) is 0.400. The first-order valence-corrected chi connectivity index (χ1v) is 6.29. The van der Waals surface area contributed by atoms with Crippen LogP contribution in [-0.2, 0) is 10.0 Å². The Kier molecular flexibility index (Phi) is 3.90. The smallest absolute Gasteiger partial charge is 0.242 e. The Bertz CT molecular complexity index is 438. The number of nitrogens with one attached hydrogen (secondary N) is 1. The maximum Gasteiger partial charge on any atom is 0.242 e. The van der Waals surface area contributed by atoms with Crippen molar-refractivity contribution < 1.29 is 13.5 Å². The fourth-order valence-corrected chi connectivity index (χ4v) is 2.30. The maximum atomic E-state index is 11.6. The van der Waals surface area contributed by atoms with Gasteiger partial charge in [0.25, 0.3) is 0 Å². The van der Waals surface area contributed by atoms with Gasteiger partial charge >= 0.3 is 0 Å². The lowest BCUT2D eigenvalue weighted by molar-refractivity contribution is 0.184. The fourth-order valence-electron chi connectivity index (χ4n) is 1.22. The van der Waals surface area contributed by atoms with Crippen molar-refractivity contribution in [1.29, 1.82) is 0 Å². The van der Waals surface area contributed by atoms with Crippen LogP contribution in [0.15, 0.2) is 29.2 Å². The zero-order valence-electron chi connectivity index (χ0n) is 9.51. The molecule has 0 saturated carbocycles. The third kappa shape index (κ3) is 3.19. The third-order valence-corrected chi connectivity index (χ3v) is 3.53. The Labute approximate surface area is 95.8 Å². The number of sulfonamides is 1. The van der Waals surface area contributed by atoms with Crippen molar-refractivity contribution >= 4 is 15.7 Å². The predicted octanol–water partition coefficient (Wildman–Crippen LogP) is 0.369. The molecule has 0 aliphatic rings. The maximum absolute atomic E-state index is 11.6. The second kappa shape index (κ2) is 4.82. The van der Waals surface area contributed by atoms with E-state index < -0.39 is 16.3 Å². The largest absolute Gasteiger partial charge is 0.378 e. The Morgan fingerprint density at radius 2 is 1.75 bits per heavy atom. The number of nitrogens with zero attached hydrogens (tertiary/aromatic N) is 1. The zero-order valence-corrected chi connectivity index (χ0v) is 10.3. The van der Waals surface area contributed by atoms with E-state index in [1.54, 1.807) is 12.1 Å². The summed E-state index contributed by atoms with van der Waals surface area (Å²) in [6, 6.07) is 6.41. The van der Waals surface area contributed by atoms with Gasteiger partial charge < -0.3 is 10.0 Å². The van der Waals surface area contributed by atoms with E-state index in [0.717, 1.165) is 5.69 Å². The molecule has 0 aliphatic carbocycles. The first kappa shape index (κ1) is 13.0. The SMILES string of the molecule is CC(O)NS(=O)(=O)c1ccc(N(C)C)cc1. The van der Waals surface area contributed by atoms with Crippen molar-refractivity contribution in [3.05, 3.63) is 24.3 Å². The van der Waals surface area contributed by atoms with Crippen LogP contribution in [0.25, 0.3) is 0 Å². The van der Waals surface area contributed by atoms with E-state index in [1.807, 2.05) is 19.0 Å². The molecular formula is C10H16N2O3S. The Balaban J connectivity index is 2.98. The van der Waals surface area contributed by atoms with E-state index in [-0.39, 0.29) is 4.90 Å². The van der Waals surface area contributed by atoms with Crippen LogP contribution < -0.4 is 9.62 Å². The van der Waals surface area contributed by atoms with Gasteiger partial charge in [-0.1, -0.05) is 0 Å². The van der Waals surface area contributed by atoms with Gasteiger partial charge in [-0.15, -0.1) is 0 Å². The van der Waals surface area contributed by atoms with Crippen LogP contribution in [-0.4, -0.2) is 33.8 Å². The summed E-state index contributed by atoms with van der Waals surface area (Å²) in [5.41, 5.74) is 0.913. The van der Waals surface area contributed by atoms with Crippen molar-refractivity contribution in [2.24, 2.45) is 0 Å². The predicted molar refractivity (Wildman–Crippen MR) is 62.8 cm³/mol.